The van der Waals surface area contributed by atoms with E-state index in [4.69, 9.17) is 4.74 Å². The van der Waals surface area contributed by atoms with Crippen LogP contribution in [0.15, 0.2) is 42.5 Å². The number of nitrogens with one attached hydrogen (secondary N) is 1. The minimum atomic E-state index is -3.46. The number of hydrogen-bond donors (Lipinski definition) is 1. The molecular formula is C19H24N2O4S. The van der Waals surface area contributed by atoms with Gasteiger partial charge in [0.05, 0.1) is 25.6 Å². The average Bonchev–Trinajstić information content (AvgIpc) is 2.56. The predicted molar refractivity (Wildman–Crippen MR) is 103 cm³/mol. The van der Waals surface area contributed by atoms with Crippen LogP contribution < -0.4 is 14.4 Å². The lowest BCUT2D eigenvalue weighted by molar-refractivity contribution is 0.0954. The van der Waals surface area contributed by atoms with Crippen LogP contribution in [-0.2, 0) is 10.0 Å². The van der Waals surface area contributed by atoms with Crippen molar-refractivity contribution in [3.8, 4) is 5.75 Å². The second-order valence-corrected chi connectivity index (χ2v) is 8.08. The third kappa shape index (κ3) is 5.23. The molecule has 0 spiro atoms. The van der Waals surface area contributed by atoms with E-state index in [1.165, 1.54) is 11.4 Å². The zero-order chi connectivity index (χ0) is 19.3. The number of rotatable bonds is 7. The maximum Gasteiger partial charge on any atom is 0.251 e. The lowest BCUT2D eigenvalue weighted by Crippen LogP contribution is -2.38. The maximum absolute atomic E-state index is 12.3. The third-order valence-electron chi connectivity index (χ3n) is 3.83. The van der Waals surface area contributed by atoms with Crippen LogP contribution in [0, 0.1) is 13.8 Å². The minimum absolute atomic E-state index is 0.150. The second kappa shape index (κ2) is 8.23. The summed E-state index contributed by atoms with van der Waals surface area (Å²) in [4.78, 5) is 12.3. The Hall–Kier alpha value is -2.54. The molecule has 0 bridgehead atoms. The second-order valence-electron chi connectivity index (χ2n) is 6.17. The van der Waals surface area contributed by atoms with Crippen molar-refractivity contribution in [2.24, 2.45) is 0 Å². The first-order chi connectivity index (χ1) is 12.2. The molecule has 1 N–H and O–H groups in total. The zero-order valence-electron chi connectivity index (χ0n) is 15.4. The molecule has 0 atom stereocenters. The van der Waals surface area contributed by atoms with Crippen molar-refractivity contribution < 1.29 is 17.9 Å². The van der Waals surface area contributed by atoms with E-state index in [0.717, 1.165) is 17.4 Å². The fourth-order valence-corrected chi connectivity index (χ4v) is 3.63. The topological polar surface area (TPSA) is 75.7 Å². The molecule has 26 heavy (non-hydrogen) atoms. The summed E-state index contributed by atoms with van der Waals surface area (Å²) in [6, 6.07) is 12.4. The lowest BCUT2D eigenvalue weighted by Gasteiger charge is -2.23. The summed E-state index contributed by atoms with van der Waals surface area (Å²) in [6.45, 7) is 4.18. The Kier molecular flexibility index (Phi) is 6.26. The van der Waals surface area contributed by atoms with Crippen LogP contribution in [0.3, 0.4) is 0 Å². The fourth-order valence-electron chi connectivity index (χ4n) is 2.72. The summed E-state index contributed by atoms with van der Waals surface area (Å²) in [5.74, 6) is 0.309. The molecule has 0 radical (unpaired) electrons. The van der Waals surface area contributed by atoms with E-state index in [9.17, 15) is 13.2 Å². The Bertz CT molecular complexity index is 874. The van der Waals surface area contributed by atoms with E-state index in [1.807, 2.05) is 32.0 Å². The number of methoxy groups -OCH3 is 1. The highest BCUT2D eigenvalue weighted by molar-refractivity contribution is 7.92. The van der Waals surface area contributed by atoms with Crippen molar-refractivity contribution in [1.82, 2.24) is 5.32 Å². The average molecular weight is 376 g/mol. The van der Waals surface area contributed by atoms with Gasteiger partial charge >= 0.3 is 0 Å². The molecule has 0 aliphatic carbocycles. The molecular weight excluding hydrogens is 352 g/mol. The first-order valence-electron chi connectivity index (χ1n) is 8.19. The van der Waals surface area contributed by atoms with Crippen LogP contribution in [0.1, 0.15) is 21.5 Å². The van der Waals surface area contributed by atoms with Crippen molar-refractivity contribution in [1.29, 1.82) is 0 Å². The summed E-state index contributed by atoms with van der Waals surface area (Å²) in [6.07, 6.45) is 1.16. The van der Waals surface area contributed by atoms with Crippen molar-refractivity contribution in [3.63, 3.8) is 0 Å². The number of anilines is 1. The molecule has 0 aromatic heterocycles. The third-order valence-corrected chi connectivity index (χ3v) is 5.02. The van der Waals surface area contributed by atoms with Gasteiger partial charge in [0.15, 0.2) is 0 Å². The number of amides is 1. The van der Waals surface area contributed by atoms with Gasteiger partial charge in [-0.05, 0) is 55.3 Å². The van der Waals surface area contributed by atoms with Gasteiger partial charge < -0.3 is 10.1 Å². The molecule has 0 aliphatic heterocycles. The number of aryl methyl sites for hydroxylation is 2. The van der Waals surface area contributed by atoms with E-state index in [-0.39, 0.29) is 19.0 Å². The summed E-state index contributed by atoms with van der Waals surface area (Å²) in [5.41, 5.74) is 3.02. The lowest BCUT2D eigenvalue weighted by atomic mass is 10.1. The van der Waals surface area contributed by atoms with Gasteiger partial charge in [0, 0.05) is 12.1 Å². The Balaban J connectivity index is 2.09. The number of hydrogen-bond acceptors (Lipinski definition) is 4. The largest absolute Gasteiger partial charge is 0.497 e. The molecule has 0 saturated heterocycles. The van der Waals surface area contributed by atoms with Crippen molar-refractivity contribution in [2.75, 3.05) is 30.8 Å². The van der Waals surface area contributed by atoms with Crippen LogP contribution in [-0.4, -0.2) is 40.8 Å². The van der Waals surface area contributed by atoms with Crippen molar-refractivity contribution >= 4 is 21.6 Å². The van der Waals surface area contributed by atoms with E-state index in [2.05, 4.69) is 5.32 Å². The van der Waals surface area contributed by atoms with Crippen molar-refractivity contribution in [2.45, 2.75) is 13.8 Å². The zero-order valence-corrected chi connectivity index (χ0v) is 16.3. The molecule has 0 unspecified atom stereocenters. The monoisotopic (exact) mass is 376 g/mol. The van der Waals surface area contributed by atoms with Gasteiger partial charge in [-0.1, -0.05) is 12.1 Å². The van der Waals surface area contributed by atoms with Crippen LogP contribution in [0.25, 0.3) is 0 Å². The van der Waals surface area contributed by atoms with Gasteiger partial charge in [0.1, 0.15) is 5.75 Å². The summed E-state index contributed by atoms with van der Waals surface area (Å²) < 4.78 is 30.8. The van der Waals surface area contributed by atoms with Gasteiger partial charge in [-0.3, -0.25) is 9.10 Å². The summed E-state index contributed by atoms with van der Waals surface area (Å²) in [7, 11) is -1.93. The normalized spacial score (nSPS) is 11.1. The Morgan fingerprint density at radius 2 is 1.77 bits per heavy atom. The molecule has 140 valence electrons. The first-order valence-corrected chi connectivity index (χ1v) is 10.0. The van der Waals surface area contributed by atoms with E-state index in [0.29, 0.717) is 17.0 Å². The molecule has 0 saturated carbocycles. The van der Waals surface area contributed by atoms with Gasteiger partial charge in [-0.25, -0.2) is 8.42 Å². The van der Waals surface area contributed by atoms with Crippen LogP contribution in [0.5, 0.6) is 5.75 Å². The molecule has 2 rings (SSSR count). The Labute approximate surface area is 154 Å². The van der Waals surface area contributed by atoms with Gasteiger partial charge in [0.25, 0.3) is 5.91 Å². The highest BCUT2D eigenvalue weighted by atomic mass is 32.2. The first kappa shape index (κ1) is 19.8. The highest BCUT2D eigenvalue weighted by Gasteiger charge is 2.18. The smallest absolute Gasteiger partial charge is 0.251 e. The number of ether oxygens (including phenoxy) is 1. The van der Waals surface area contributed by atoms with Gasteiger partial charge in [0.2, 0.25) is 10.0 Å². The Morgan fingerprint density at radius 3 is 2.35 bits per heavy atom. The standard InChI is InChI=1S/C19H24N2O4S/c1-14-10-15(2)12-17(11-14)21(26(4,23)24)9-8-20-19(22)16-6-5-7-18(13-16)25-3/h5-7,10-13H,8-9H2,1-4H3,(H,20,22). The van der Waals surface area contributed by atoms with Gasteiger partial charge in [-0.15, -0.1) is 0 Å². The number of benzene rings is 2. The molecule has 7 heteroatoms. The number of carbonyl (C=O) groups excluding carboxylic acids is 1. The van der Waals surface area contributed by atoms with Crippen molar-refractivity contribution in [3.05, 3.63) is 59.2 Å². The fraction of sp³-hybridized carbons (Fsp3) is 0.316. The Morgan fingerprint density at radius 1 is 1.12 bits per heavy atom. The minimum Gasteiger partial charge on any atom is -0.497 e. The molecule has 0 fully saturated rings. The summed E-state index contributed by atoms with van der Waals surface area (Å²) >= 11 is 0. The summed E-state index contributed by atoms with van der Waals surface area (Å²) in [5, 5.41) is 2.75. The molecule has 0 aliphatic rings. The predicted octanol–water partition coefficient (Wildman–Crippen LogP) is 2.51. The van der Waals surface area contributed by atoms with Crippen LogP contribution in [0.4, 0.5) is 5.69 Å². The van der Waals surface area contributed by atoms with E-state index >= 15 is 0 Å². The molecule has 2 aromatic carbocycles. The SMILES string of the molecule is COc1cccc(C(=O)NCCN(c2cc(C)cc(C)c2)S(C)(=O)=O)c1. The van der Waals surface area contributed by atoms with E-state index in [1.54, 1.807) is 24.3 Å². The molecule has 6 nitrogen and oxygen atoms in total. The maximum atomic E-state index is 12.3. The molecule has 1 amide bonds. The quantitative estimate of drug-likeness (QED) is 0.806. The molecule has 2 aromatic rings. The number of nitrogens with zero attached hydrogens (tertiary/aromatic N) is 1. The van der Waals surface area contributed by atoms with Crippen LogP contribution in [0.2, 0.25) is 0 Å². The number of sulfonamides is 1. The van der Waals surface area contributed by atoms with Crippen LogP contribution >= 0.6 is 0 Å². The molecule has 0 heterocycles. The van der Waals surface area contributed by atoms with Gasteiger partial charge in [-0.2, -0.15) is 0 Å². The van der Waals surface area contributed by atoms with E-state index < -0.39 is 10.0 Å². The highest BCUT2D eigenvalue weighted by Crippen LogP contribution is 2.21. The number of carbonyl (C=O) groups is 1.